The van der Waals surface area contributed by atoms with Gasteiger partial charge in [0.1, 0.15) is 22.0 Å². The lowest BCUT2D eigenvalue weighted by Gasteiger charge is -2.40. The lowest BCUT2D eigenvalue weighted by Crippen LogP contribution is -2.46. The first-order valence-electron chi connectivity index (χ1n) is 16.1. The third kappa shape index (κ3) is 6.50. The summed E-state index contributed by atoms with van der Waals surface area (Å²) in [5.41, 5.74) is -0.709. The van der Waals surface area contributed by atoms with Crippen molar-refractivity contribution in [2.24, 2.45) is 11.3 Å². The molecule has 1 aliphatic carbocycles. The number of carbonyl (C=O) groups excluding carboxylic acids is 1. The van der Waals surface area contributed by atoms with E-state index in [0.717, 1.165) is 41.3 Å². The van der Waals surface area contributed by atoms with Crippen LogP contribution in [0.2, 0.25) is 0 Å². The topological polar surface area (TPSA) is 133 Å². The molecule has 3 heterocycles. The molecule has 0 N–H and O–H groups in total. The van der Waals surface area contributed by atoms with E-state index in [1.54, 1.807) is 28.5 Å². The lowest BCUT2D eigenvalue weighted by atomic mass is 9.78. The van der Waals surface area contributed by atoms with Gasteiger partial charge >= 0.3 is 11.8 Å². The van der Waals surface area contributed by atoms with Crippen LogP contribution < -0.4 is 19.5 Å². The molecule has 1 saturated heterocycles. The molecule has 49 heavy (non-hydrogen) atoms. The molecule has 15 heteroatoms. The van der Waals surface area contributed by atoms with E-state index < -0.39 is 43.7 Å². The van der Waals surface area contributed by atoms with E-state index in [9.17, 15) is 18.0 Å². The minimum absolute atomic E-state index is 0.0897. The summed E-state index contributed by atoms with van der Waals surface area (Å²) in [6.07, 6.45) is 4.42. The summed E-state index contributed by atoms with van der Waals surface area (Å²) < 4.78 is 69.1. The van der Waals surface area contributed by atoms with Crippen molar-refractivity contribution in [3.05, 3.63) is 63.8 Å². The predicted molar refractivity (Wildman–Crippen MR) is 182 cm³/mol. The zero-order valence-electron chi connectivity index (χ0n) is 28.4. The Morgan fingerprint density at radius 3 is 2.59 bits per heavy atom. The largest absolute Gasteiger partial charge is 0.497 e. The number of aromatic nitrogens is 2. The van der Waals surface area contributed by atoms with E-state index in [0.29, 0.717) is 30.2 Å². The molecule has 2 atom stereocenters. The Balaban J connectivity index is 1.33. The number of hydrogen-bond donors (Lipinski definition) is 0. The first-order valence-corrected chi connectivity index (χ1v) is 18.5. The maximum atomic E-state index is 16.4. The molecule has 2 aromatic heterocycles. The Kier molecular flexibility index (Phi) is 9.20. The monoisotopic (exact) mass is 716 g/mol. The standard InChI is InChI=1S/C34H41FN4O8S2/c1-21(34(13-14-34)23-8-7-16-37(20-23)31(40)47-33(2,3)4)39-25-11-12-27(28(35)29(25)46-32(39)41)49(42,43)38(30-36-15-17-48-30)19-22-9-10-24(44-5)18-26(22)45-6/h9-12,15,17-18,21,23H,7-8,13-14,16,19-20H2,1-6H3. The van der Waals surface area contributed by atoms with Crippen molar-refractivity contribution in [2.45, 2.75) is 76.5 Å². The minimum Gasteiger partial charge on any atom is -0.497 e. The first-order chi connectivity index (χ1) is 23.2. The average Bonchev–Trinajstić information content (AvgIpc) is 3.56. The molecular weight excluding hydrogens is 676 g/mol. The van der Waals surface area contributed by atoms with Crippen LogP contribution >= 0.6 is 11.3 Å². The number of rotatable bonds is 10. The molecule has 2 fully saturated rings. The number of benzene rings is 2. The summed E-state index contributed by atoms with van der Waals surface area (Å²) in [4.78, 5) is 31.6. The fourth-order valence-electron chi connectivity index (χ4n) is 6.97. The second kappa shape index (κ2) is 13.0. The van der Waals surface area contributed by atoms with Gasteiger partial charge in [0, 0.05) is 42.3 Å². The quantitative estimate of drug-likeness (QED) is 0.178. The van der Waals surface area contributed by atoms with Crippen molar-refractivity contribution in [1.29, 1.82) is 0 Å². The molecule has 264 valence electrons. The maximum Gasteiger partial charge on any atom is 0.420 e. The van der Waals surface area contributed by atoms with Crippen molar-refractivity contribution in [3.63, 3.8) is 0 Å². The van der Waals surface area contributed by atoms with Crippen LogP contribution in [0.25, 0.3) is 11.1 Å². The van der Waals surface area contributed by atoms with E-state index >= 15 is 4.39 Å². The van der Waals surface area contributed by atoms with Gasteiger partial charge in [0.2, 0.25) is 0 Å². The van der Waals surface area contributed by atoms with E-state index in [1.165, 1.54) is 37.1 Å². The summed E-state index contributed by atoms with van der Waals surface area (Å²) in [7, 11) is -1.61. The second-order valence-corrected chi connectivity index (χ2v) is 16.3. The van der Waals surface area contributed by atoms with E-state index in [1.807, 2.05) is 27.7 Å². The summed E-state index contributed by atoms with van der Waals surface area (Å²) in [5.74, 6) is -0.951. The summed E-state index contributed by atoms with van der Waals surface area (Å²) in [6.45, 7) is 8.27. The van der Waals surface area contributed by atoms with Crippen LogP contribution in [-0.2, 0) is 21.3 Å². The molecule has 0 spiro atoms. The highest BCUT2D eigenvalue weighted by Crippen LogP contribution is 2.61. The van der Waals surface area contributed by atoms with Crippen LogP contribution in [-0.4, -0.2) is 61.9 Å². The minimum atomic E-state index is -4.57. The van der Waals surface area contributed by atoms with Crippen LogP contribution in [0.1, 0.15) is 65.0 Å². The van der Waals surface area contributed by atoms with Gasteiger partial charge in [-0.2, -0.15) is 0 Å². The number of methoxy groups -OCH3 is 2. The van der Waals surface area contributed by atoms with Gasteiger partial charge in [-0.25, -0.2) is 31.7 Å². The third-order valence-electron chi connectivity index (χ3n) is 9.63. The van der Waals surface area contributed by atoms with Crippen molar-refractivity contribution in [2.75, 3.05) is 31.6 Å². The number of nitrogens with zero attached hydrogens (tertiary/aromatic N) is 4. The Hall–Kier alpha value is -4.11. The average molecular weight is 717 g/mol. The molecule has 1 saturated carbocycles. The Bertz CT molecular complexity index is 2020. The van der Waals surface area contributed by atoms with Crippen molar-refractivity contribution >= 4 is 43.7 Å². The molecule has 2 aromatic carbocycles. The number of sulfonamides is 1. The maximum absolute atomic E-state index is 16.4. The molecule has 6 rings (SSSR count). The number of likely N-dealkylation sites (tertiary alicyclic amines) is 1. The highest BCUT2D eigenvalue weighted by Gasteiger charge is 2.55. The Morgan fingerprint density at radius 1 is 1.20 bits per heavy atom. The summed E-state index contributed by atoms with van der Waals surface area (Å²) >= 11 is 1.08. The zero-order valence-corrected chi connectivity index (χ0v) is 30.0. The Labute approximate surface area is 288 Å². The molecule has 0 bridgehead atoms. The first kappa shape index (κ1) is 34.7. The third-order valence-corrected chi connectivity index (χ3v) is 12.3. The molecule has 4 aromatic rings. The number of halogens is 1. The molecular formula is C34H41FN4O8S2. The number of hydrogen-bond acceptors (Lipinski definition) is 10. The van der Waals surface area contributed by atoms with Gasteiger partial charge in [-0.1, -0.05) is 0 Å². The fraction of sp³-hybridized carbons (Fsp3) is 0.500. The highest BCUT2D eigenvalue weighted by atomic mass is 32.2. The fourth-order valence-corrected chi connectivity index (χ4v) is 9.30. The van der Waals surface area contributed by atoms with Gasteiger partial charge in [0.15, 0.2) is 16.5 Å². The van der Waals surface area contributed by atoms with Gasteiger partial charge < -0.3 is 23.5 Å². The number of thiazole rings is 1. The highest BCUT2D eigenvalue weighted by molar-refractivity contribution is 7.93. The summed E-state index contributed by atoms with van der Waals surface area (Å²) in [6, 6.07) is 7.15. The normalized spacial score (nSPS) is 18.3. The summed E-state index contributed by atoms with van der Waals surface area (Å²) in [5, 5.41) is 1.74. The van der Waals surface area contributed by atoms with E-state index in [2.05, 4.69) is 4.98 Å². The van der Waals surface area contributed by atoms with Gasteiger partial charge in [-0.3, -0.25) is 4.57 Å². The van der Waals surface area contributed by atoms with Crippen LogP contribution in [0.5, 0.6) is 11.5 Å². The van der Waals surface area contributed by atoms with Crippen LogP contribution in [0, 0.1) is 17.2 Å². The molecule has 0 radical (unpaired) electrons. The zero-order chi connectivity index (χ0) is 35.3. The van der Waals surface area contributed by atoms with Crippen LogP contribution in [0.4, 0.5) is 14.3 Å². The number of carbonyl (C=O) groups is 1. The van der Waals surface area contributed by atoms with Crippen molar-refractivity contribution < 1.29 is 36.2 Å². The number of oxazole rings is 1. The Morgan fingerprint density at radius 2 is 1.96 bits per heavy atom. The lowest BCUT2D eigenvalue weighted by molar-refractivity contribution is 0.00877. The molecule has 1 amide bonds. The molecule has 1 aliphatic heterocycles. The van der Waals surface area contributed by atoms with Gasteiger partial charge in [0.05, 0.1) is 26.3 Å². The number of fused-ring (bicyclic) bond motifs is 1. The SMILES string of the molecule is COc1ccc(CN(c2nccs2)S(=O)(=O)c2ccc3c(oc(=O)n3C(C)C3(C4CCCN(C(=O)OC(C)(C)C)C4)CC3)c2F)c(OC)c1. The van der Waals surface area contributed by atoms with Crippen molar-refractivity contribution in [3.8, 4) is 11.5 Å². The predicted octanol–water partition coefficient (Wildman–Crippen LogP) is 6.59. The van der Waals surface area contributed by atoms with Crippen LogP contribution in [0.15, 0.2) is 56.0 Å². The number of anilines is 1. The second-order valence-electron chi connectivity index (χ2n) is 13.6. The van der Waals surface area contributed by atoms with Gasteiger partial charge in [0.25, 0.3) is 10.0 Å². The number of piperidine rings is 1. The molecule has 12 nitrogen and oxygen atoms in total. The van der Waals surface area contributed by atoms with Crippen molar-refractivity contribution in [1.82, 2.24) is 14.5 Å². The smallest absolute Gasteiger partial charge is 0.420 e. The molecule has 2 unspecified atom stereocenters. The number of amides is 1. The van der Waals surface area contributed by atoms with Gasteiger partial charge in [-0.05, 0) is 89.0 Å². The van der Waals surface area contributed by atoms with E-state index in [-0.39, 0.29) is 34.6 Å². The van der Waals surface area contributed by atoms with Crippen LogP contribution in [0.3, 0.4) is 0 Å². The van der Waals surface area contributed by atoms with E-state index in [4.69, 9.17) is 18.6 Å². The van der Waals surface area contributed by atoms with Gasteiger partial charge in [-0.15, -0.1) is 11.3 Å². The molecule has 2 aliphatic rings. The number of ether oxygens (including phenoxy) is 3.